The molecule has 25 heavy (non-hydrogen) atoms. The minimum absolute atomic E-state index is 0.210. The van der Waals surface area contributed by atoms with Gasteiger partial charge in [0.25, 0.3) is 0 Å². The van der Waals surface area contributed by atoms with Crippen LogP contribution in [0.25, 0.3) is 10.2 Å². The van der Waals surface area contributed by atoms with Crippen molar-refractivity contribution in [2.45, 2.75) is 61.4 Å². The third-order valence-corrected chi connectivity index (χ3v) is 6.98. The summed E-state index contributed by atoms with van der Waals surface area (Å²) in [6, 6.07) is 0. The first-order valence-electron chi connectivity index (χ1n) is 8.69. The Hall–Kier alpha value is -1.58. The summed E-state index contributed by atoms with van der Waals surface area (Å²) in [5.41, 5.74) is 1.44. The third kappa shape index (κ3) is 2.94. The van der Waals surface area contributed by atoms with Gasteiger partial charge in [0.2, 0.25) is 5.16 Å². The van der Waals surface area contributed by atoms with Crippen molar-refractivity contribution >= 4 is 33.3 Å². The Morgan fingerprint density at radius 1 is 1.24 bits per heavy atom. The number of aryl methyl sites for hydroxylation is 2. The summed E-state index contributed by atoms with van der Waals surface area (Å²) in [4.78, 5) is 11.6. The zero-order chi connectivity index (χ0) is 16.6. The lowest BCUT2D eigenvalue weighted by Crippen LogP contribution is -2.16. The summed E-state index contributed by atoms with van der Waals surface area (Å²) in [6.07, 6.45) is 8.85. The number of hydrogen-bond acceptors (Lipinski definition) is 8. The van der Waals surface area contributed by atoms with Crippen LogP contribution in [0.2, 0.25) is 0 Å². The fraction of sp³-hybridized carbons (Fsp3) is 0.562. The Morgan fingerprint density at radius 3 is 3.12 bits per heavy atom. The highest BCUT2D eigenvalue weighted by Gasteiger charge is 2.23. The van der Waals surface area contributed by atoms with Gasteiger partial charge in [-0.2, -0.15) is 0 Å². The number of rotatable bonds is 4. The summed E-state index contributed by atoms with van der Waals surface area (Å²) in [6.45, 7) is 1.54. The summed E-state index contributed by atoms with van der Waals surface area (Å²) in [7, 11) is 0. The van der Waals surface area contributed by atoms with Crippen LogP contribution in [0.4, 0.5) is 0 Å². The van der Waals surface area contributed by atoms with E-state index in [9.17, 15) is 0 Å². The summed E-state index contributed by atoms with van der Waals surface area (Å²) in [5.74, 6) is 0. The molecule has 1 aliphatic heterocycles. The molecule has 0 N–H and O–H groups in total. The number of ether oxygens (including phenoxy) is 1. The summed E-state index contributed by atoms with van der Waals surface area (Å²) < 4.78 is 7.55. The van der Waals surface area contributed by atoms with Gasteiger partial charge in [-0.25, -0.2) is 14.6 Å². The number of thiophene rings is 1. The first-order valence-corrected chi connectivity index (χ1v) is 10.3. The molecule has 1 saturated heterocycles. The molecule has 4 heterocycles. The first-order chi connectivity index (χ1) is 12.4. The molecule has 1 unspecified atom stereocenters. The first kappa shape index (κ1) is 15.7. The highest BCUT2D eigenvalue weighted by Crippen LogP contribution is 2.40. The number of aromatic nitrogens is 6. The molecular weight excluding hydrogens is 356 g/mol. The maximum atomic E-state index is 5.71. The lowest BCUT2D eigenvalue weighted by molar-refractivity contribution is 0.0912. The Balaban J connectivity index is 1.48. The van der Waals surface area contributed by atoms with Gasteiger partial charge in [-0.15, -0.1) is 16.4 Å². The smallest absolute Gasteiger partial charge is 0.215 e. The highest BCUT2D eigenvalue weighted by atomic mass is 32.2. The molecule has 5 rings (SSSR count). The van der Waals surface area contributed by atoms with Crippen LogP contribution in [0.15, 0.2) is 16.5 Å². The van der Waals surface area contributed by atoms with Crippen molar-refractivity contribution in [3.8, 4) is 0 Å². The largest absolute Gasteiger partial charge is 0.376 e. The molecule has 0 amide bonds. The second-order valence-electron chi connectivity index (χ2n) is 6.45. The molecular formula is C16H18N6OS2. The Labute approximate surface area is 153 Å². The summed E-state index contributed by atoms with van der Waals surface area (Å²) in [5, 5.41) is 15.2. The van der Waals surface area contributed by atoms with E-state index in [-0.39, 0.29) is 6.10 Å². The van der Waals surface area contributed by atoms with E-state index in [0.29, 0.717) is 6.54 Å². The van der Waals surface area contributed by atoms with Crippen LogP contribution < -0.4 is 0 Å². The standard InChI is InChI=1S/C16H18N6OS2/c1-2-6-12-11(5-1)13-14(24-12)17-9-18-15(13)25-16-19-20-21-22(16)8-10-4-3-7-23-10/h9-10H,1-8H2. The Morgan fingerprint density at radius 2 is 2.20 bits per heavy atom. The van der Waals surface area contributed by atoms with Gasteiger partial charge in [0, 0.05) is 16.9 Å². The van der Waals surface area contributed by atoms with Crippen LogP contribution in [-0.2, 0) is 24.1 Å². The van der Waals surface area contributed by atoms with Crippen molar-refractivity contribution in [3.05, 3.63) is 16.8 Å². The van der Waals surface area contributed by atoms with E-state index in [1.54, 1.807) is 6.33 Å². The zero-order valence-corrected chi connectivity index (χ0v) is 15.4. The quantitative estimate of drug-likeness (QED) is 0.650. The van der Waals surface area contributed by atoms with E-state index < -0.39 is 0 Å². The molecule has 1 atom stereocenters. The van der Waals surface area contributed by atoms with Gasteiger partial charge < -0.3 is 4.74 Å². The van der Waals surface area contributed by atoms with E-state index in [0.717, 1.165) is 47.3 Å². The minimum Gasteiger partial charge on any atom is -0.376 e. The van der Waals surface area contributed by atoms with Crippen molar-refractivity contribution in [1.29, 1.82) is 0 Å². The van der Waals surface area contributed by atoms with Crippen molar-refractivity contribution in [3.63, 3.8) is 0 Å². The minimum atomic E-state index is 0.210. The second kappa shape index (κ2) is 6.62. The maximum Gasteiger partial charge on any atom is 0.215 e. The van der Waals surface area contributed by atoms with Crippen molar-refractivity contribution in [2.24, 2.45) is 0 Å². The average molecular weight is 374 g/mol. The number of hydrogen-bond donors (Lipinski definition) is 0. The molecule has 130 valence electrons. The number of fused-ring (bicyclic) bond motifs is 3. The lowest BCUT2D eigenvalue weighted by atomic mass is 9.97. The Bertz CT molecular complexity index is 901. The predicted molar refractivity (Wildman–Crippen MR) is 95.0 cm³/mol. The van der Waals surface area contributed by atoms with Gasteiger partial charge >= 0.3 is 0 Å². The second-order valence-corrected chi connectivity index (χ2v) is 8.49. The fourth-order valence-corrected chi connectivity index (χ4v) is 5.77. The molecule has 0 spiro atoms. The van der Waals surface area contributed by atoms with Gasteiger partial charge in [0.05, 0.1) is 12.6 Å². The van der Waals surface area contributed by atoms with Crippen LogP contribution in [0, 0.1) is 0 Å². The SMILES string of the molecule is c1nc(Sc2nnnn2CC2CCCO2)c2c3c(sc2n1)CCCC3. The molecule has 0 radical (unpaired) electrons. The van der Waals surface area contributed by atoms with Crippen molar-refractivity contribution in [1.82, 2.24) is 30.2 Å². The van der Waals surface area contributed by atoms with Gasteiger partial charge in [0.15, 0.2) is 0 Å². The van der Waals surface area contributed by atoms with E-state index in [4.69, 9.17) is 4.74 Å². The molecule has 2 aliphatic rings. The molecule has 3 aromatic heterocycles. The van der Waals surface area contributed by atoms with Crippen LogP contribution in [0.5, 0.6) is 0 Å². The van der Waals surface area contributed by atoms with E-state index in [1.165, 1.54) is 40.4 Å². The van der Waals surface area contributed by atoms with Gasteiger partial charge in [-0.05, 0) is 66.3 Å². The van der Waals surface area contributed by atoms with Crippen LogP contribution in [-0.4, -0.2) is 42.9 Å². The summed E-state index contributed by atoms with van der Waals surface area (Å²) >= 11 is 3.35. The van der Waals surface area contributed by atoms with Crippen molar-refractivity contribution in [2.75, 3.05) is 6.61 Å². The van der Waals surface area contributed by atoms with E-state index in [2.05, 4.69) is 25.5 Å². The van der Waals surface area contributed by atoms with Gasteiger partial charge in [0.1, 0.15) is 16.2 Å². The topological polar surface area (TPSA) is 78.6 Å². The Kier molecular flexibility index (Phi) is 4.15. The normalized spacial score (nSPS) is 20.2. The molecule has 3 aromatic rings. The zero-order valence-electron chi connectivity index (χ0n) is 13.7. The monoisotopic (exact) mass is 374 g/mol. The molecule has 0 saturated carbocycles. The lowest BCUT2D eigenvalue weighted by Gasteiger charge is -2.12. The molecule has 7 nitrogen and oxygen atoms in total. The van der Waals surface area contributed by atoms with E-state index >= 15 is 0 Å². The number of tetrazole rings is 1. The molecule has 1 aliphatic carbocycles. The maximum absolute atomic E-state index is 5.71. The molecule has 0 bridgehead atoms. The fourth-order valence-electron chi connectivity index (χ4n) is 3.59. The van der Waals surface area contributed by atoms with Crippen LogP contribution in [0.1, 0.15) is 36.1 Å². The molecule has 0 aromatic carbocycles. The van der Waals surface area contributed by atoms with Gasteiger partial charge in [-0.1, -0.05) is 0 Å². The van der Waals surface area contributed by atoms with Gasteiger partial charge in [-0.3, -0.25) is 0 Å². The molecule has 1 fully saturated rings. The van der Waals surface area contributed by atoms with Crippen LogP contribution in [0.3, 0.4) is 0 Å². The van der Waals surface area contributed by atoms with Crippen molar-refractivity contribution < 1.29 is 4.74 Å². The van der Waals surface area contributed by atoms with Crippen LogP contribution >= 0.6 is 23.1 Å². The molecule has 9 heteroatoms. The third-order valence-electron chi connectivity index (χ3n) is 4.80. The van der Waals surface area contributed by atoms with E-state index in [1.807, 2.05) is 16.0 Å². The highest BCUT2D eigenvalue weighted by molar-refractivity contribution is 7.99. The predicted octanol–water partition coefficient (Wildman–Crippen LogP) is 2.89. The number of nitrogens with zero attached hydrogens (tertiary/aromatic N) is 6. The average Bonchev–Trinajstić information content (AvgIpc) is 3.36.